The van der Waals surface area contributed by atoms with Gasteiger partial charge in [-0.15, -0.1) is 11.3 Å². The van der Waals surface area contributed by atoms with Gasteiger partial charge >= 0.3 is 18.1 Å². The van der Waals surface area contributed by atoms with Crippen molar-refractivity contribution < 1.29 is 27.3 Å². The molecule has 0 aliphatic rings. The number of amides is 1. The van der Waals surface area contributed by atoms with Gasteiger partial charge in [-0.05, 0) is 12.1 Å². The van der Waals surface area contributed by atoms with Crippen LogP contribution in [0.1, 0.15) is 10.8 Å². The Labute approximate surface area is 142 Å². The molecule has 0 N–H and O–H groups in total. The molecule has 0 aromatic carbocycles. The number of halogens is 3. The molecule has 3 heterocycles. The normalized spacial score (nSPS) is 11.7. The van der Waals surface area contributed by atoms with Crippen LogP contribution >= 0.6 is 11.3 Å². The molecule has 12 heteroatoms. The highest BCUT2D eigenvalue weighted by atomic mass is 32.1. The van der Waals surface area contributed by atoms with Crippen LogP contribution in [0.2, 0.25) is 0 Å². The van der Waals surface area contributed by atoms with E-state index in [1.165, 1.54) is 30.4 Å². The van der Waals surface area contributed by atoms with Crippen LogP contribution in [0.5, 0.6) is 0 Å². The van der Waals surface area contributed by atoms with Crippen molar-refractivity contribution in [1.82, 2.24) is 24.8 Å². The average molecular weight is 373 g/mol. The quantitative estimate of drug-likeness (QED) is 0.654. The van der Waals surface area contributed by atoms with Gasteiger partial charge in [0.15, 0.2) is 0 Å². The molecule has 3 rings (SSSR count). The molecule has 3 aromatic rings. The molecule has 0 saturated carbocycles. The summed E-state index contributed by atoms with van der Waals surface area (Å²) < 4.78 is 42.9. The first kappa shape index (κ1) is 17.1. The molecule has 0 spiro atoms. The molecule has 0 unspecified atom stereocenters. The maximum Gasteiger partial charge on any atom is 0.471 e. The van der Waals surface area contributed by atoms with Crippen LogP contribution in [0.15, 0.2) is 35.4 Å². The molecule has 0 saturated heterocycles. The second kappa shape index (κ2) is 6.64. The fourth-order valence-corrected chi connectivity index (χ4v) is 2.79. The largest absolute Gasteiger partial charge is 0.471 e. The summed E-state index contributed by atoms with van der Waals surface area (Å²) in [7, 11) is 1.33. The predicted molar refractivity (Wildman–Crippen MR) is 78.2 cm³/mol. The van der Waals surface area contributed by atoms with E-state index in [1.54, 1.807) is 12.1 Å². The summed E-state index contributed by atoms with van der Waals surface area (Å²) >= 11 is 1.12. The molecule has 0 fully saturated rings. The number of carbonyl (C=O) groups is 1. The van der Waals surface area contributed by atoms with Crippen molar-refractivity contribution in [1.29, 1.82) is 0 Å². The molecule has 3 aromatic heterocycles. The van der Waals surface area contributed by atoms with Gasteiger partial charge in [-0.3, -0.25) is 9.40 Å². The summed E-state index contributed by atoms with van der Waals surface area (Å²) in [5, 5.41) is 4.40. The molecular formula is C13H10F3N5O3S. The standard InChI is InChI=1S/C13H10F3N5O3S/c1-23-21(12(22)20-5-4-17-7-20)6-8-2-3-9(25-8)10-18-11(24-19-10)13(14,15)16/h2-5,7H,6H2,1H3. The van der Waals surface area contributed by atoms with Gasteiger partial charge in [0.2, 0.25) is 5.82 Å². The first-order chi connectivity index (χ1) is 11.9. The highest BCUT2D eigenvalue weighted by Crippen LogP contribution is 2.32. The van der Waals surface area contributed by atoms with Crippen LogP contribution in [0.25, 0.3) is 10.7 Å². The van der Waals surface area contributed by atoms with Crippen molar-refractivity contribution in [2.24, 2.45) is 0 Å². The van der Waals surface area contributed by atoms with E-state index in [2.05, 4.69) is 19.6 Å². The summed E-state index contributed by atoms with van der Waals surface area (Å²) in [6.45, 7) is 0.0855. The van der Waals surface area contributed by atoms with Crippen molar-refractivity contribution in [3.05, 3.63) is 41.6 Å². The van der Waals surface area contributed by atoms with Crippen molar-refractivity contribution in [2.75, 3.05) is 7.11 Å². The minimum absolute atomic E-state index is 0.0855. The smallest absolute Gasteiger partial charge is 0.329 e. The monoisotopic (exact) mass is 373 g/mol. The van der Waals surface area contributed by atoms with Crippen LogP contribution in [-0.4, -0.2) is 37.9 Å². The van der Waals surface area contributed by atoms with Gasteiger partial charge in [-0.25, -0.2) is 9.78 Å². The zero-order valence-corrected chi connectivity index (χ0v) is 13.4. The lowest BCUT2D eigenvalue weighted by Gasteiger charge is -2.18. The molecule has 0 radical (unpaired) electrons. The second-order valence-corrected chi connectivity index (χ2v) is 5.83. The number of aromatic nitrogens is 4. The van der Waals surface area contributed by atoms with Crippen molar-refractivity contribution in [3.8, 4) is 10.7 Å². The number of nitrogens with zero attached hydrogens (tertiary/aromatic N) is 5. The first-order valence-electron chi connectivity index (χ1n) is 6.72. The summed E-state index contributed by atoms with van der Waals surface area (Å²) in [5.41, 5.74) is 0. The highest BCUT2D eigenvalue weighted by Gasteiger charge is 2.38. The summed E-state index contributed by atoms with van der Waals surface area (Å²) in [6, 6.07) is 2.71. The third-order valence-electron chi connectivity index (χ3n) is 3.01. The maximum absolute atomic E-state index is 12.5. The Bertz CT molecular complexity index is 859. The van der Waals surface area contributed by atoms with E-state index in [9.17, 15) is 18.0 Å². The van der Waals surface area contributed by atoms with Crippen LogP contribution in [-0.2, 0) is 17.6 Å². The maximum atomic E-state index is 12.5. The van der Waals surface area contributed by atoms with Crippen molar-refractivity contribution in [3.63, 3.8) is 0 Å². The van der Waals surface area contributed by atoms with Crippen molar-refractivity contribution in [2.45, 2.75) is 12.7 Å². The average Bonchev–Trinajstić information content (AvgIpc) is 3.32. The number of rotatable bonds is 4. The third kappa shape index (κ3) is 3.69. The second-order valence-electron chi connectivity index (χ2n) is 4.66. The van der Waals surface area contributed by atoms with Gasteiger partial charge in [0.25, 0.3) is 0 Å². The van der Waals surface area contributed by atoms with Crippen LogP contribution in [0.4, 0.5) is 18.0 Å². The highest BCUT2D eigenvalue weighted by molar-refractivity contribution is 7.15. The van der Waals surface area contributed by atoms with E-state index < -0.39 is 18.1 Å². The number of thiophene rings is 1. The molecule has 8 nitrogen and oxygen atoms in total. The Hall–Kier alpha value is -2.73. The summed E-state index contributed by atoms with van der Waals surface area (Å²) in [6.07, 6.45) is -0.461. The van der Waals surface area contributed by atoms with Crippen LogP contribution in [0.3, 0.4) is 0 Å². The molecule has 0 aliphatic heterocycles. The molecule has 0 aliphatic carbocycles. The van der Waals surface area contributed by atoms with Gasteiger partial charge < -0.3 is 4.52 Å². The first-order valence-corrected chi connectivity index (χ1v) is 7.54. The van der Waals surface area contributed by atoms with E-state index in [4.69, 9.17) is 4.84 Å². The fraction of sp³-hybridized carbons (Fsp3) is 0.231. The molecule has 25 heavy (non-hydrogen) atoms. The zero-order chi connectivity index (χ0) is 18.0. The minimum atomic E-state index is -4.70. The Morgan fingerprint density at radius 3 is 2.84 bits per heavy atom. The molecule has 1 amide bonds. The molecule has 0 bridgehead atoms. The van der Waals surface area contributed by atoms with Crippen molar-refractivity contribution >= 4 is 17.4 Å². The lowest BCUT2D eigenvalue weighted by Crippen LogP contribution is -2.32. The Morgan fingerprint density at radius 1 is 1.44 bits per heavy atom. The Morgan fingerprint density at radius 2 is 2.24 bits per heavy atom. The minimum Gasteiger partial charge on any atom is -0.329 e. The van der Waals surface area contributed by atoms with E-state index in [0.717, 1.165) is 16.4 Å². The van der Waals surface area contributed by atoms with Gasteiger partial charge in [0.1, 0.15) is 6.33 Å². The van der Waals surface area contributed by atoms with Crippen LogP contribution in [0, 0.1) is 0 Å². The molecular weight excluding hydrogens is 363 g/mol. The number of hydrogen-bond donors (Lipinski definition) is 0. The lowest BCUT2D eigenvalue weighted by molar-refractivity contribution is -0.159. The van der Waals surface area contributed by atoms with E-state index in [1.807, 2.05) is 0 Å². The molecule has 132 valence electrons. The number of alkyl halides is 3. The SMILES string of the molecule is CON(Cc1ccc(-c2noc(C(F)(F)F)n2)s1)C(=O)n1ccnc1. The van der Waals surface area contributed by atoms with E-state index in [0.29, 0.717) is 9.75 Å². The van der Waals surface area contributed by atoms with Gasteiger partial charge in [-0.2, -0.15) is 23.2 Å². The van der Waals surface area contributed by atoms with E-state index in [-0.39, 0.29) is 12.4 Å². The Kier molecular flexibility index (Phi) is 4.55. The third-order valence-corrected chi connectivity index (χ3v) is 4.07. The van der Waals surface area contributed by atoms with Crippen LogP contribution < -0.4 is 0 Å². The lowest BCUT2D eigenvalue weighted by atomic mass is 10.4. The van der Waals surface area contributed by atoms with Gasteiger partial charge in [-0.1, -0.05) is 5.16 Å². The topological polar surface area (TPSA) is 86.3 Å². The summed E-state index contributed by atoms with van der Waals surface area (Å²) in [5.74, 6) is -1.58. The fourth-order valence-electron chi connectivity index (χ4n) is 1.87. The number of hydroxylamine groups is 2. The van der Waals surface area contributed by atoms with E-state index >= 15 is 0 Å². The number of carbonyl (C=O) groups excluding carboxylic acids is 1. The predicted octanol–water partition coefficient (Wildman–Crippen LogP) is 3.05. The zero-order valence-electron chi connectivity index (χ0n) is 12.6. The molecule has 0 atom stereocenters. The Balaban J connectivity index is 1.75. The number of imidazole rings is 1. The van der Waals surface area contributed by atoms with Gasteiger partial charge in [0, 0.05) is 17.3 Å². The van der Waals surface area contributed by atoms with Gasteiger partial charge in [0.05, 0.1) is 18.5 Å². The summed E-state index contributed by atoms with van der Waals surface area (Å²) in [4.78, 5) is 25.4. The number of hydrogen-bond acceptors (Lipinski definition) is 7.